The van der Waals surface area contributed by atoms with Crippen molar-refractivity contribution in [2.75, 3.05) is 24.7 Å². The fourth-order valence-electron chi connectivity index (χ4n) is 8.90. The number of aliphatic hydroxyl groups excluding tert-OH is 2. The molecule has 12 atom stereocenters. The zero-order chi connectivity index (χ0) is 68.3. The number of esters is 2. The Labute approximate surface area is 524 Å². The molecule has 0 radical (unpaired) electrons. The van der Waals surface area contributed by atoms with E-state index in [0.29, 0.717) is 11.1 Å². The maximum Gasteiger partial charge on any atom is 0.490 e. The number of imidazole rings is 2. The highest BCUT2D eigenvalue weighted by atomic mass is 31.3. The minimum absolute atomic E-state index is 0.0115. The van der Waals surface area contributed by atoms with Crippen LogP contribution >= 0.6 is 46.9 Å². The van der Waals surface area contributed by atoms with Gasteiger partial charge in [0.2, 0.25) is 0 Å². The number of nitrogens with two attached hydrogens (primary N) is 2. The van der Waals surface area contributed by atoms with Crippen LogP contribution in [0.1, 0.15) is 65.0 Å². The first-order valence-corrected chi connectivity index (χ1v) is 35.0. The summed E-state index contributed by atoms with van der Waals surface area (Å²) < 4.78 is 119. The Kier molecular flexibility index (Phi) is 21.4. The number of carbonyl (C=O) groups excluding carboxylic acids is 4. The van der Waals surface area contributed by atoms with Gasteiger partial charge in [0, 0.05) is 22.3 Å². The lowest BCUT2D eigenvalue weighted by atomic mass is 10.0. The first-order chi connectivity index (χ1) is 44.1. The highest BCUT2D eigenvalue weighted by Crippen LogP contribution is 2.67. The largest absolute Gasteiger partial charge is 0.490 e. The molecule has 2 aliphatic rings. The predicted octanol–water partition coefficient (Wildman–Crippen LogP) is 2.93. The molecule has 46 heteroatoms. The van der Waals surface area contributed by atoms with Crippen LogP contribution in [0.25, 0.3) is 22.3 Å². The molecule has 2 aliphatic heterocycles. The summed E-state index contributed by atoms with van der Waals surface area (Å²) in [7, 11) is -34.2. The molecule has 4 unspecified atom stereocenters. The third kappa shape index (κ3) is 17.7. The van der Waals surface area contributed by atoms with Crippen molar-refractivity contribution >= 4 is 104 Å². The SMILES string of the molecule is Nc1ncnc2c1ncn2[C@@H]1O[C@H](COP(=O)(O)OP(=O)(O)OP(=O)(O)O)[C@@H](O)[C@H]1OC(=O)c1ccc(C(=O)c2ccccc2)cc1.Nc1ncnc2c1ncn2[C@@H]1O[C@H](COP(=O)(O)OP(=O)(O)OP(=O)(O)O)[C@@H](OC(=O)c2ccc(C(=O)c3ccccc3)cc2)[C@H]1O. The normalized spacial score (nSPS) is 22.4. The van der Waals surface area contributed by atoms with Gasteiger partial charge in [-0.2, -0.15) is 17.2 Å². The van der Waals surface area contributed by atoms with Crippen LogP contribution in [-0.2, 0) is 72.6 Å². The standard InChI is InChI=1S/2C24H24N5O15P3/c25-21-17-22(27-11-26-21)29(12-28-17)23-19(31)20(16(41-23)10-40-46(36,37)44-47(38,39)43-45(33,34)35)42-24(32)15-8-6-14(7-9-15)18(30)13-4-2-1-3-5-13;25-21-17-22(27-11-26-21)29(12-28-17)23-20(19(31)16(41-23)10-40-46(36,37)44-47(38,39)43-45(33,34)35)42-24(32)15-8-6-14(7-9-15)18(30)13-4-2-1-3-5-13/h2*1-9,11-12,16,19-20,23,31H,10H2,(H,36,37)(H,38,39)(H2,25,26,27)(H2,33,34,35)/t2*16-,19-,20-,23-/m11/s1. The number of fused-ring (bicyclic) bond motifs is 2. The van der Waals surface area contributed by atoms with Crippen LogP contribution in [0.3, 0.4) is 0 Å². The van der Waals surface area contributed by atoms with E-state index in [1.54, 1.807) is 60.7 Å². The number of carbonyl (C=O) groups is 4. The Hall–Kier alpha value is -7.48. The maximum atomic E-state index is 13.2. The van der Waals surface area contributed by atoms with Crippen molar-refractivity contribution in [3.8, 4) is 0 Å². The van der Waals surface area contributed by atoms with Crippen molar-refractivity contribution in [3.05, 3.63) is 168 Å². The zero-order valence-corrected chi connectivity index (χ0v) is 52.2. The third-order valence-corrected chi connectivity index (χ3v) is 20.5. The van der Waals surface area contributed by atoms with Crippen LogP contribution in [0.5, 0.6) is 0 Å². The molecule has 0 spiro atoms. The first-order valence-electron chi connectivity index (χ1n) is 26.0. The Morgan fingerprint density at radius 2 is 0.798 bits per heavy atom. The number of anilines is 2. The van der Waals surface area contributed by atoms with Gasteiger partial charge in [-0.25, -0.2) is 66.9 Å². The summed E-state index contributed by atoms with van der Waals surface area (Å²) in [6.45, 7) is -2.13. The molecule has 8 aromatic rings. The van der Waals surface area contributed by atoms with Gasteiger partial charge in [0.25, 0.3) is 0 Å². The fraction of sp³-hybridized carbons (Fsp3) is 0.208. The molecular formula is C48H48N10O30P6. The molecule has 4 aromatic heterocycles. The Bertz CT molecular complexity index is 4430. The molecule has 0 aliphatic carbocycles. The van der Waals surface area contributed by atoms with E-state index in [2.05, 4.69) is 56.2 Å². The molecule has 10 rings (SSSR count). The van der Waals surface area contributed by atoms with Gasteiger partial charge >= 0.3 is 58.9 Å². The maximum absolute atomic E-state index is 13.2. The summed E-state index contributed by atoms with van der Waals surface area (Å²) in [6.07, 6.45) is -8.30. The monoisotopic (exact) mass is 1430 g/mol. The van der Waals surface area contributed by atoms with Crippen molar-refractivity contribution in [1.82, 2.24) is 39.0 Å². The number of phosphoric acid groups is 6. The summed E-state index contributed by atoms with van der Waals surface area (Å²) in [6, 6.07) is 27.6. The van der Waals surface area contributed by atoms with Crippen LogP contribution < -0.4 is 11.5 Å². The van der Waals surface area contributed by atoms with Crippen molar-refractivity contribution in [2.24, 2.45) is 0 Å². The summed E-state index contributed by atoms with van der Waals surface area (Å²) in [5.41, 5.74) is 13.4. The second kappa shape index (κ2) is 28.5. The smallest absolute Gasteiger partial charge is 0.453 e. The highest BCUT2D eigenvalue weighted by molar-refractivity contribution is 7.67. The number of hydrogen-bond acceptors (Lipinski definition) is 30. The van der Waals surface area contributed by atoms with Gasteiger partial charge in [-0.3, -0.25) is 27.8 Å². The van der Waals surface area contributed by atoms with Crippen LogP contribution in [0, 0.1) is 0 Å². The van der Waals surface area contributed by atoms with E-state index in [1.165, 1.54) is 70.3 Å². The van der Waals surface area contributed by atoms with E-state index >= 15 is 0 Å². The predicted molar refractivity (Wildman–Crippen MR) is 310 cm³/mol. The number of nitrogen functional groups attached to an aromatic ring is 2. The zero-order valence-electron chi connectivity index (χ0n) is 46.8. The number of ketones is 2. The molecule has 500 valence electrons. The van der Waals surface area contributed by atoms with E-state index in [0.717, 1.165) is 12.7 Å². The Morgan fingerprint density at radius 1 is 0.436 bits per heavy atom. The van der Waals surface area contributed by atoms with Gasteiger partial charge in [0.1, 0.15) is 48.1 Å². The molecule has 6 heterocycles. The van der Waals surface area contributed by atoms with Crippen LogP contribution in [-0.4, -0.2) is 162 Å². The van der Waals surface area contributed by atoms with Crippen LogP contribution in [0.4, 0.5) is 11.6 Å². The summed E-state index contributed by atoms with van der Waals surface area (Å²) in [4.78, 5) is 149. The minimum atomic E-state index is -5.84. The average Bonchev–Trinajstić information content (AvgIpc) is 1.69. The topological polar surface area (TPSA) is 605 Å². The average molecular weight is 1430 g/mol. The number of phosphoric ester groups is 2. The molecule has 14 N–H and O–H groups in total. The second-order valence-electron chi connectivity index (χ2n) is 19.3. The molecule has 0 saturated carbocycles. The molecule has 40 nitrogen and oxygen atoms in total. The minimum Gasteiger partial charge on any atom is -0.453 e. The van der Waals surface area contributed by atoms with Crippen LogP contribution in [0.15, 0.2) is 135 Å². The summed E-state index contributed by atoms with van der Waals surface area (Å²) in [5, 5.41) is 22.3. The van der Waals surface area contributed by atoms with Gasteiger partial charge in [0.05, 0.1) is 37.0 Å². The number of hydrogen-bond donors (Lipinski definition) is 12. The third-order valence-electron chi connectivity index (χ3n) is 12.9. The molecule has 2 saturated heterocycles. The molecule has 0 bridgehead atoms. The number of aliphatic hydroxyl groups is 2. The van der Waals surface area contributed by atoms with E-state index in [1.807, 2.05) is 0 Å². The first kappa shape index (κ1) is 70.8. The van der Waals surface area contributed by atoms with E-state index in [-0.39, 0.29) is 67.8 Å². The van der Waals surface area contributed by atoms with Gasteiger partial charge in [-0.15, -0.1) is 0 Å². The second-order valence-corrected chi connectivity index (χ2v) is 28.2. The Balaban J connectivity index is 0.000000221. The van der Waals surface area contributed by atoms with Crippen molar-refractivity contribution in [3.63, 3.8) is 0 Å². The number of aromatic nitrogens is 8. The van der Waals surface area contributed by atoms with Gasteiger partial charge in [0.15, 0.2) is 59.2 Å². The van der Waals surface area contributed by atoms with E-state index in [4.69, 9.17) is 50.0 Å². The number of rotatable bonds is 24. The lowest BCUT2D eigenvalue weighted by molar-refractivity contribution is -0.0558. The lowest BCUT2D eigenvalue weighted by Gasteiger charge is -2.22. The summed E-state index contributed by atoms with van der Waals surface area (Å²) in [5.74, 6) is -2.64. The van der Waals surface area contributed by atoms with Crippen molar-refractivity contribution in [1.29, 1.82) is 0 Å². The number of benzene rings is 4. The number of nitrogens with zero attached hydrogens (tertiary/aromatic N) is 8. The molecule has 4 aromatic carbocycles. The summed E-state index contributed by atoms with van der Waals surface area (Å²) >= 11 is 0. The molecule has 0 amide bonds. The van der Waals surface area contributed by atoms with Gasteiger partial charge in [-0.1, -0.05) is 84.9 Å². The molecular weight excluding hydrogens is 1380 g/mol. The quantitative estimate of drug-likeness (QED) is 0.0235. The highest BCUT2D eigenvalue weighted by Gasteiger charge is 2.52. The van der Waals surface area contributed by atoms with E-state index in [9.17, 15) is 76.4 Å². The lowest BCUT2D eigenvalue weighted by Crippen LogP contribution is -2.38. The Morgan fingerprint density at radius 3 is 1.21 bits per heavy atom. The molecule has 94 heavy (non-hydrogen) atoms. The van der Waals surface area contributed by atoms with Crippen molar-refractivity contribution in [2.45, 2.75) is 49.1 Å². The van der Waals surface area contributed by atoms with Gasteiger partial charge < -0.3 is 79.8 Å². The van der Waals surface area contributed by atoms with Crippen molar-refractivity contribution < 1.29 is 141 Å². The number of ether oxygens (including phenoxy) is 4. The fourth-order valence-corrected chi connectivity index (χ4v) is 15.0. The molecule has 2 fully saturated rings. The van der Waals surface area contributed by atoms with E-state index < -0.39 is 121 Å². The van der Waals surface area contributed by atoms with Gasteiger partial charge in [-0.05, 0) is 24.3 Å². The van der Waals surface area contributed by atoms with Crippen LogP contribution in [0.2, 0.25) is 0 Å².